The minimum Gasteiger partial charge on any atom is -0.315 e. The van der Waals surface area contributed by atoms with Gasteiger partial charge in [-0.3, -0.25) is 0 Å². The van der Waals surface area contributed by atoms with Crippen LogP contribution in [0.25, 0.3) is 0 Å². The van der Waals surface area contributed by atoms with E-state index in [-0.39, 0.29) is 0 Å². The highest BCUT2D eigenvalue weighted by atomic mass is 32.2. The predicted molar refractivity (Wildman–Crippen MR) is 55.3 cm³/mol. The van der Waals surface area contributed by atoms with Gasteiger partial charge in [-0.25, -0.2) is 0 Å². The highest BCUT2D eigenvalue weighted by Gasteiger charge is 2.13. The van der Waals surface area contributed by atoms with E-state index < -0.39 is 0 Å². The van der Waals surface area contributed by atoms with Crippen molar-refractivity contribution in [2.75, 3.05) is 12.8 Å². The number of nitrogens with one attached hydrogen (secondary N) is 1. The van der Waals surface area contributed by atoms with Crippen molar-refractivity contribution < 1.29 is 0 Å². The molecule has 0 saturated carbocycles. The second-order valence-corrected chi connectivity index (χ2v) is 5.49. The summed E-state index contributed by atoms with van der Waals surface area (Å²) in [6.07, 6.45) is 1.24. The van der Waals surface area contributed by atoms with Crippen LogP contribution in [0.1, 0.15) is 34.1 Å². The lowest BCUT2D eigenvalue weighted by Crippen LogP contribution is -2.36. The average molecular weight is 175 g/mol. The third-order valence-electron chi connectivity index (χ3n) is 1.86. The Morgan fingerprint density at radius 2 is 1.91 bits per heavy atom. The Kier molecular flexibility index (Phi) is 5.19. The molecule has 0 bridgehead atoms. The second kappa shape index (κ2) is 5.04. The van der Waals surface area contributed by atoms with Gasteiger partial charge >= 0.3 is 0 Å². The normalized spacial score (nSPS) is 12.5. The SMILES string of the molecule is CNC(C)(C)CCSC(C)C. The van der Waals surface area contributed by atoms with Crippen LogP contribution in [0.3, 0.4) is 0 Å². The molecule has 0 rings (SSSR count). The summed E-state index contributed by atoms with van der Waals surface area (Å²) in [4.78, 5) is 0. The minimum absolute atomic E-state index is 0.307. The van der Waals surface area contributed by atoms with Crippen LogP contribution in [0.15, 0.2) is 0 Å². The summed E-state index contributed by atoms with van der Waals surface area (Å²) in [7, 11) is 2.03. The first-order valence-electron chi connectivity index (χ1n) is 4.28. The summed E-state index contributed by atoms with van der Waals surface area (Å²) in [5.41, 5.74) is 0.307. The van der Waals surface area contributed by atoms with Crippen LogP contribution in [-0.2, 0) is 0 Å². The van der Waals surface area contributed by atoms with E-state index in [4.69, 9.17) is 0 Å². The van der Waals surface area contributed by atoms with E-state index in [1.54, 1.807) is 0 Å². The Hall–Kier alpha value is 0.310. The van der Waals surface area contributed by atoms with Gasteiger partial charge in [0.1, 0.15) is 0 Å². The van der Waals surface area contributed by atoms with Gasteiger partial charge in [0.05, 0.1) is 0 Å². The molecule has 11 heavy (non-hydrogen) atoms. The maximum atomic E-state index is 3.30. The van der Waals surface area contributed by atoms with E-state index in [1.165, 1.54) is 12.2 Å². The Bertz CT molecular complexity index is 99.7. The zero-order valence-electron chi connectivity index (χ0n) is 8.40. The van der Waals surface area contributed by atoms with Crippen molar-refractivity contribution in [3.63, 3.8) is 0 Å². The van der Waals surface area contributed by atoms with Crippen molar-refractivity contribution >= 4 is 11.8 Å². The maximum absolute atomic E-state index is 3.30. The first-order valence-corrected chi connectivity index (χ1v) is 5.33. The zero-order valence-corrected chi connectivity index (χ0v) is 9.22. The standard InChI is InChI=1S/C9H21NS/c1-8(2)11-7-6-9(3,4)10-5/h8,10H,6-7H2,1-5H3. The smallest absolute Gasteiger partial charge is 0.0130 e. The molecule has 2 heteroatoms. The molecule has 0 saturated heterocycles. The average Bonchev–Trinajstić information content (AvgIpc) is 1.87. The van der Waals surface area contributed by atoms with Gasteiger partial charge in [-0.15, -0.1) is 0 Å². The van der Waals surface area contributed by atoms with Crippen molar-refractivity contribution in [2.24, 2.45) is 0 Å². The summed E-state index contributed by atoms with van der Waals surface area (Å²) < 4.78 is 0. The van der Waals surface area contributed by atoms with Crippen LogP contribution >= 0.6 is 11.8 Å². The van der Waals surface area contributed by atoms with Gasteiger partial charge in [0.15, 0.2) is 0 Å². The molecule has 0 aliphatic heterocycles. The zero-order chi connectivity index (χ0) is 8.91. The number of hydrogen-bond donors (Lipinski definition) is 1. The third-order valence-corrected chi connectivity index (χ3v) is 2.96. The van der Waals surface area contributed by atoms with Gasteiger partial charge in [0, 0.05) is 5.54 Å². The monoisotopic (exact) mass is 175 g/mol. The van der Waals surface area contributed by atoms with Gasteiger partial charge in [0.25, 0.3) is 0 Å². The topological polar surface area (TPSA) is 12.0 Å². The summed E-state index contributed by atoms with van der Waals surface area (Å²) in [5, 5.41) is 4.07. The van der Waals surface area contributed by atoms with E-state index >= 15 is 0 Å². The fourth-order valence-electron chi connectivity index (χ4n) is 0.675. The molecular weight excluding hydrogens is 154 g/mol. The lowest BCUT2D eigenvalue weighted by molar-refractivity contribution is 0.414. The van der Waals surface area contributed by atoms with Crippen LogP contribution in [0.4, 0.5) is 0 Å². The van der Waals surface area contributed by atoms with Gasteiger partial charge in [0.2, 0.25) is 0 Å². The molecule has 0 fully saturated rings. The highest BCUT2D eigenvalue weighted by Crippen LogP contribution is 2.16. The summed E-state index contributed by atoms with van der Waals surface area (Å²) >= 11 is 2.03. The number of thioether (sulfide) groups is 1. The molecule has 0 atom stereocenters. The second-order valence-electron chi connectivity index (χ2n) is 3.80. The van der Waals surface area contributed by atoms with Crippen molar-refractivity contribution in [2.45, 2.75) is 44.9 Å². The van der Waals surface area contributed by atoms with Crippen LogP contribution < -0.4 is 5.32 Å². The maximum Gasteiger partial charge on any atom is 0.0130 e. The van der Waals surface area contributed by atoms with Crippen LogP contribution in [0.2, 0.25) is 0 Å². The van der Waals surface area contributed by atoms with Gasteiger partial charge in [-0.05, 0) is 38.3 Å². The van der Waals surface area contributed by atoms with E-state index in [1.807, 2.05) is 18.8 Å². The summed E-state index contributed by atoms with van der Waals surface area (Å²) in [5.74, 6) is 1.26. The van der Waals surface area contributed by atoms with Gasteiger partial charge in [-0.1, -0.05) is 13.8 Å². The molecule has 1 N–H and O–H groups in total. The molecule has 0 aliphatic rings. The largest absolute Gasteiger partial charge is 0.315 e. The molecular formula is C9H21NS. The molecule has 0 aromatic heterocycles. The first-order chi connectivity index (χ1) is 4.98. The van der Waals surface area contributed by atoms with Crippen LogP contribution in [0.5, 0.6) is 0 Å². The molecule has 0 aromatic carbocycles. The van der Waals surface area contributed by atoms with Gasteiger partial charge < -0.3 is 5.32 Å². The van der Waals surface area contributed by atoms with Crippen LogP contribution in [0, 0.1) is 0 Å². The molecule has 0 spiro atoms. The van der Waals surface area contributed by atoms with Crippen molar-refractivity contribution in [3.8, 4) is 0 Å². The summed E-state index contributed by atoms with van der Waals surface area (Å²) in [6, 6.07) is 0. The fraction of sp³-hybridized carbons (Fsp3) is 1.00. The van der Waals surface area contributed by atoms with E-state index in [0.717, 1.165) is 5.25 Å². The Morgan fingerprint density at radius 1 is 1.36 bits per heavy atom. The molecule has 0 heterocycles. The van der Waals surface area contributed by atoms with Crippen LogP contribution in [-0.4, -0.2) is 23.6 Å². The van der Waals surface area contributed by atoms with Gasteiger partial charge in [-0.2, -0.15) is 11.8 Å². The third kappa shape index (κ3) is 6.70. The summed E-state index contributed by atoms with van der Waals surface area (Å²) in [6.45, 7) is 8.98. The minimum atomic E-state index is 0.307. The molecule has 0 aromatic rings. The van der Waals surface area contributed by atoms with Crippen molar-refractivity contribution in [3.05, 3.63) is 0 Å². The predicted octanol–water partition coefficient (Wildman–Crippen LogP) is 2.52. The highest BCUT2D eigenvalue weighted by molar-refractivity contribution is 7.99. The Balaban J connectivity index is 3.38. The first kappa shape index (κ1) is 11.3. The fourth-order valence-corrected chi connectivity index (χ4v) is 1.77. The lowest BCUT2D eigenvalue weighted by atomic mass is 10.0. The van der Waals surface area contributed by atoms with E-state index in [0.29, 0.717) is 5.54 Å². The molecule has 1 nitrogen and oxygen atoms in total. The molecule has 0 unspecified atom stereocenters. The van der Waals surface area contributed by atoms with Crippen molar-refractivity contribution in [1.82, 2.24) is 5.32 Å². The number of rotatable bonds is 5. The quantitative estimate of drug-likeness (QED) is 0.689. The molecule has 0 aliphatic carbocycles. The lowest BCUT2D eigenvalue weighted by Gasteiger charge is -2.23. The van der Waals surface area contributed by atoms with E-state index in [9.17, 15) is 0 Å². The Morgan fingerprint density at radius 3 is 2.27 bits per heavy atom. The molecule has 0 radical (unpaired) electrons. The van der Waals surface area contributed by atoms with E-state index in [2.05, 4.69) is 33.0 Å². The van der Waals surface area contributed by atoms with Crippen molar-refractivity contribution in [1.29, 1.82) is 0 Å². The molecule has 68 valence electrons. The number of hydrogen-bond acceptors (Lipinski definition) is 2. The molecule has 0 amide bonds. The Labute approximate surface area is 75.3 Å².